The molecule has 0 radical (unpaired) electrons. The minimum atomic E-state index is -0.101. The summed E-state index contributed by atoms with van der Waals surface area (Å²) in [5.74, 6) is 0.952. The SMILES string of the molecule is Cc1ncc(CN[C@H]2CC[C@@H](O)C2)[nH]1. The lowest BCUT2D eigenvalue weighted by Crippen LogP contribution is -2.26. The Balaban J connectivity index is 1.77. The highest BCUT2D eigenvalue weighted by Gasteiger charge is 2.21. The molecule has 78 valence electrons. The Morgan fingerprint density at radius 2 is 2.50 bits per heavy atom. The number of nitrogens with one attached hydrogen (secondary N) is 2. The molecule has 1 aliphatic rings. The number of H-pyrrole nitrogens is 1. The van der Waals surface area contributed by atoms with E-state index in [1.165, 1.54) is 0 Å². The fraction of sp³-hybridized carbons (Fsp3) is 0.700. The number of hydrogen-bond acceptors (Lipinski definition) is 3. The topological polar surface area (TPSA) is 60.9 Å². The summed E-state index contributed by atoms with van der Waals surface area (Å²) >= 11 is 0. The molecular weight excluding hydrogens is 178 g/mol. The van der Waals surface area contributed by atoms with E-state index in [1.54, 1.807) is 0 Å². The highest BCUT2D eigenvalue weighted by molar-refractivity contribution is 4.99. The highest BCUT2D eigenvalue weighted by Crippen LogP contribution is 2.18. The molecule has 2 atom stereocenters. The van der Waals surface area contributed by atoms with Gasteiger partial charge in [0.25, 0.3) is 0 Å². The lowest BCUT2D eigenvalue weighted by atomic mass is 10.2. The molecule has 3 N–H and O–H groups in total. The van der Waals surface area contributed by atoms with E-state index in [1.807, 2.05) is 13.1 Å². The Morgan fingerprint density at radius 3 is 3.07 bits per heavy atom. The Kier molecular flexibility index (Phi) is 2.84. The lowest BCUT2D eigenvalue weighted by Gasteiger charge is -2.10. The summed E-state index contributed by atoms with van der Waals surface area (Å²) in [6, 6.07) is 0.466. The zero-order chi connectivity index (χ0) is 9.97. The van der Waals surface area contributed by atoms with Crippen molar-refractivity contribution in [2.75, 3.05) is 0 Å². The molecule has 0 spiro atoms. The van der Waals surface area contributed by atoms with Crippen LogP contribution in [0.1, 0.15) is 30.8 Å². The lowest BCUT2D eigenvalue weighted by molar-refractivity contribution is 0.179. The number of rotatable bonds is 3. The van der Waals surface area contributed by atoms with Gasteiger partial charge in [0.05, 0.1) is 6.10 Å². The molecule has 0 saturated heterocycles. The Hall–Kier alpha value is -0.870. The summed E-state index contributed by atoms with van der Waals surface area (Å²) in [4.78, 5) is 7.31. The van der Waals surface area contributed by atoms with E-state index >= 15 is 0 Å². The van der Waals surface area contributed by atoms with Crippen LogP contribution in [0.4, 0.5) is 0 Å². The third kappa shape index (κ3) is 2.33. The number of aliphatic hydroxyl groups excluding tert-OH is 1. The molecule has 1 fully saturated rings. The van der Waals surface area contributed by atoms with Gasteiger partial charge in [-0.15, -0.1) is 0 Å². The maximum atomic E-state index is 9.34. The first-order valence-electron chi connectivity index (χ1n) is 5.16. The summed E-state index contributed by atoms with van der Waals surface area (Å²) in [5.41, 5.74) is 1.11. The monoisotopic (exact) mass is 195 g/mol. The Morgan fingerprint density at radius 1 is 1.64 bits per heavy atom. The maximum absolute atomic E-state index is 9.34. The van der Waals surface area contributed by atoms with Crippen molar-refractivity contribution in [1.82, 2.24) is 15.3 Å². The van der Waals surface area contributed by atoms with Crippen LogP contribution in [-0.2, 0) is 6.54 Å². The van der Waals surface area contributed by atoms with Gasteiger partial charge in [-0.2, -0.15) is 0 Å². The summed E-state index contributed by atoms with van der Waals surface area (Å²) in [6.45, 7) is 2.76. The molecule has 4 nitrogen and oxygen atoms in total. The van der Waals surface area contributed by atoms with Gasteiger partial charge in [0.15, 0.2) is 0 Å². The van der Waals surface area contributed by atoms with Crippen molar-refractivity contribution in [2.24, 2.45) is 0 Å². The molecular formula is C10H17N3O. The van der Waals surface area contributed by atoms with Gasteiger partial charge in [-0.1, -0.05) is 0 Å². The van der Waals surface area contributed by atoms with Gasteiger partial charge in [-0.05, 0) is 26.2 Å². The van der Waals surface area contributed by atoms with Gasteiger partial charge in [0.1, 0.15) is 5.82 Å². The molecule has 0 aromatic carbocycles. The number of aromatic amines is 1. The van der Waals surface area contributed by atoms with Crippen molar-refractivity contribution >= 4 is 0 Å². The molecule has 0 bridgehead atoms. The van der Waals surface area contributed by atoms with E-state index in [0.29, 0.717) is 6.04 Å². The fourth-order valence-corrected chi connectivity index (χ4v) is 1.96. The van der Waals surface area contributed by atoms with Crippen molar-refractivity contribution in [3.63, 3.8) is 0 Å². The van der Waals surface area contributed by atoms with Crippen molar-refractivity contribution in [3.05, 3.63) is 17.7 Å². The molecule has 1 heterocycles. The van der Waals surface area contributed by atoms with Crippen molar-refractivity contribution < 1.29 is 5.11 Å². The van der Waals surface area contributed by atoms with Crippen molar-refractivity contribution in [3.8, 4) is 0 Å². The molecule has 2 rings (SSSR count). The number of aromatic nitrogens is 2. The second-order valence-corrected chi connectivity index (χ2v) is 4.04. The summed E-state index contributed by atoms with van der Waals surface area (Å²) in [6.07, 6.45) is 4.64. The second-order valence-electron chi connectivity index (χ2n) is 4.04. The first-order chi connectivity index (χ1) is 6.74. The normalized spacial score (nSPS) is 27.0. The summed E-state index contributed by atoms with van der Waals surface area (Å²) in [5, 5.41) is 12.8. The van der Waals surface area contributed by atoms with Gasteiger partial charge < -0.3 is 15.4 Å². The fourth-order valence-electron chi connectivity index (χ4n) is 1.96. The molecule has 14 heavy (non-hydrogen) atoms. The summed E-state index contributed by atoms with van der Waals surface area (Å²) in [7, 11) is 0. The number of aliphatic hydroxyl groups is 1. The number of imidazole rings is 1. The van der Waals surface area contributed by atoms with Crippen molar-refractivity contribution in [1.29, 1.82) is 0 Å². The average molecular weight is 195 g/mol. The van der Waals surface area contributed by atoms with Crippen LogP contribution in [0, 0.1) is 6.92 Å². The molecule has 0 amide bonds. The van der Waals surface area contributed by atoms with E-state index < -0.39 is 0 Å². The summed E-state index contributed by atoms with van der Waals surface area (Å²) < 4.78 is 0. The second kappa shape index (κ2) is 4.11. The van der Waals surface area contributed by atoms with Gasteiger partial charge in [-0.3, -0.25) is 0 Å². The van der Waals surface area contributed by atoms with Crippen LogP contribution in [0.2, 0.25) is 0 Å². The molecule has 1 aliphatic carbocycles. The van der Waals surface area contributed by atoms with E-state index in [0.717, 1.165) is 37.3 Å². The zero-order valence-corrected chi connectivity index (χ0v) is 8.45. The van der Waals surface area contributed by atoms with E-state index in [2.05, 4.69) is 15.3 Å². The largest absolute Gasteiger partial charge is 0.393 e. The highest BCUT2D eigenvalue weighted by atomic mass is 16.3. The number of hydrogen-bond donors (Lipinski definition) is 3. The number of aryl methyl sites for hydroxylation is 1. The van der Waals surface area contributed by atoms with E-state index in [9.17, 15) is 5.11 Å². The van der Waals surface area contributed by atoms with Crippen LogP contribution in [0.5, 0.6) is 0 Å². The van der Waals surface area contributed by atoms with Crippen LogP contribution in [0.25, 0.3) is 0 Å². The quantitative estimate of drug-likeness (QED) is 0.666. The third-order valence-electron chi connectivity index (χ3n) is 2.74. The molecule has 4 heteroatoms. The van der Waals surface area contributed by atoms with E-state index in [4.69, 9.17) is 0 Å². The van der Waals surface area contributed by atoms with Crippen molar-refractivity contribution in [2.45, 2.75) is 44.9 Å². The standard InChI is InChI=1S/C10H17N3O/c1-7-11-5-9(13-7)6-12-8-2-3-10(14)4-8/h5,8,10,12,14H,2-4,6H2,1H3,(H,11,13)/t8-,10+/m0/s1. The first-order valence-corrected chi connectivity index (χ1v) is 5.16. The van der Waals surface area contributed by atoms with E-state index in [-0.39, 0.29) is 6.10 Å². The zero-order valence-electron chi connectivity index (χ0n) is 8.45. The molecule has 1 aromatic rings. The first kappa shape index (κ1) is 9.68. The molecule has 1 aromatic heterocycles. The van der Waals surface area contributed by atoms with Gasteiger partial charge in [-0.25, -0.2) is 4.98 Å². The van der Waals surface area contributed by atoms with Crippen LogP contribution < -0.4 is 5.32 Å². The predicted octanol–water partition coefficient (Wildman–Crippen LogP) is 0.721. The third-order valence-corrected chi connectivity index (χ3v) is 2.74. The predicted molar refractivity (Wildman–Crippen MR) is 53.8 cm³/mol. The molecule has 0 aliphatic heterocycles. The number of nitrogens with zero attached hydrogens (tertiary/aromatic N) is 1. The Bertz CT molecular complexity index is 297. The molecule has 0 unspecified atom stereocenters. The average Bonchev–Trinajstić information content (AvgIpc) is 2.72. The molecule has 1 saturated carbocycles. The van der Waals surface area contributed by atoms with Crippen LogP contribution >= 0.6 is 0 Å². The van der Waals surface area contributed by atoms with Crippen LogP contribution in [0.15, 0.2) is 6.20 Å². The van der Waals surface area contributed by atoms with Gasteiger partial charge in [0.2, 0.25) is 0 Å². The van der Waals surface area contributed by atoms with Gasteiger partial charge in [0, 0.05) is 24.5 Å². The van der Waals surface area contributed by atoms with Crippen LogP contribution in [0.3, 0.4) is 0 Å². The Labute approximate surface area is 83.8 Å². The van der Waals surface area contributed by atoms with Gasteiger partial charge >= 0.3 is 0 Å². The maximum Gasteiger partial charge on any atom is 0.103 e. The minimum Gasteiger partial charge on any atom is -0.393 e. The smallest absolute Gasteiger partial charge is 0.103 e. The minimum absolute atomic E-state index is 0.101. The van der Waals surface area contributed by atoms with Crippen LogP contribution in [-0.4, -0.2) is 27.2 Å².